The molecule has 22 heavy (non-hydrogen) atoms. The summed E-state index contributed by atoms with van der Waals surface area (Å²) in [4.78, 5) is 5.63. The first-order valence-electron chi connectivity index (χ1n) is 7.55. The number of benzene rings is 1. The van der Waals surface area contributed by atoms with Crippen molar-refractivity contribution in [2.75, 3.05) is 0 Å². The summed E-state index contributed by atoms with van der Waals surface area (Å²) in [5.41, 5.74) is 1.80. The molecular formula is C16H23NO4S. The first-order valence-corrected chi connectivity index (χ1v) is 8.96. The van der Waals surface area contributed by atoms with Crippen molar-refractivity contribution in [1.29, 1.82) is 0 Å². The second kappa shape index (κ2) is 7.24. The van der Waals surface area contributed by atoms with Gasteiger partial charge in [0.2, 0.25) is 0 Å². The molecule has 2 atom stereocenters. The third kappa shape index (κ3) is 4.55. The van der Waals surface area contributed by atoms with Gasteiger partial charge in [0.25, 0.3) is 10.1 Å². The van der Waals surface area contributed by atoms with Gasteiger partial charge in [-0.3, -0.25) is 4.18 Å². The Labute approximate surface area is 132 Å². The summed E-state index contributed by atoms with van der Waals surface area (Å²) in [5, 5.41) is 3.95. The van der Waals surface area contributed by atoms with Gasteiger partial charge in [-0.1, -0.05) is 29.3 Å². The van der Waals surface area contributed by atoms with Crippen molar-refractivity contribution >= 4 is 15.8 Å². The van der Waals surface area contributed by atoms with Crippen molar-refractivity contribution in [1.82, 2.24) is 0 Å². The molecule has 122 valence electrons. The van der Waals surface area contributed by atoms with Gasteiger partial charge in [0.1, 0.15) is 6.10 Å². The molecule has 0 spiro atoms. The lowest BCUT2D eigenvalue weighted by molar-refractivity contribution is -0.0434. The smallest absolute Gasteiger partial charge is 0.297 e. The van der Waals surface area contributed by atoms with E-state index in [4.69, 9.17) is 9.02 Å². The van der Waals surface area contributed by atoms with Gasteiger partial charge in [0, 0.05) is 0 Å². The van der Waals surface area contributed by atoms with Crippen molar-refractivity contribution < 1.29 is 17.4 Å². The van der Waals surface area contributed by atoms with Crippen molar-refractivity contribution in [3.8, 4) is 0 Å². The minimum atomic E-state index is -3.78. The standard InChI is InChI=1S/C16H23NO4S/c1-12(2)17-20-15-6-4-5-7-16(15)21-22(18,19)14-10-8-13(3)9-11-14/h8-11,15-16H,4-7H2,1-3H3/t15-,16-/m0/s1. The van der Waals surface area contributed by atoms with Crippen molar-refractivity contribution in [2.45, 2.75) is 63.6 Å². The highest BCUT2D eigenvalue weighted by Gasteiger charge is 2.32. The van der Waals surface area contributed by atoms with Crippen molar-refractivity contribution in [2.24, 2.45) is 5.16 Å². The van der Waals surface area contributed by atoms with Gasteiger partial charge in [-0.2, -0.15) is 8.42 Å². The second-order valence-corrected chi connectivity index (χ2v) is 7.44. The third-order valence-corrected chi connectivity index (χ3v) is 4.92. The normalized spacial score (nSPS) is 22.1. The van der Waals surface area contributed by atoms with E-state index in [-0.39, 0.29) is 11.0 Å². The van der Waals surface area contributed by atoms with E-state index in [2.05, 4.69) is 5.16 Å². The number of aryl methyl sites for hydroxylation is 1. The minimum absolute atomic E-state index is 0.178. The van der Waals surface area contributed by atoms with Gasteiger partial charge < -0.3 is 4.84 Å². The molecule has 0 aliphatic heterocycles. The van der Waals surface area contributed by atoms with Gasteiger partial charge in [0.15, 0.2) is 6.10 Å². The van der Waals surface area contributed by atoms with Crippen LogP contribution in [0.1, 0.15) is 45.1 Å². The van der Waals surface area contributed by atoms with Crippen LogP contribution in [0.3, 0.4) is 0 Å². The van der Waals surface area contributed by atoms with Crippen LogP contribution < -0.4 is 0 Å². The Balaban J connectivity index is 2.11. The molecule has 1 aliphatic carbocycles. The molecule has 0 heterocycles. The Kier molecular flexibility index (Phi) is 5.58. The van der Waals surface area contributed by atoms with Gasteiger partial charge in [0.05, 0.1) is 10.6 Å². The zero-order valence-electron chi connectivity index (χ0n) is 13.3. The highest BCUT2D eigenvalue weighted by molar-refractivity contribution is 7.86. The van der Waals surface area contributed by atoms with E-state index < -0.39 is 16.2 Å². The van der Waals surface area contributed by atoms with Gasteiger partial charge in [-0.15, -0.1) is 0 Å². The second-order valence-electron chi connectivity index (χ2n) is 5.87. The summed E-state index contributed by atoms with van der Waals surface area (Å²) in [6, 6.07) is 6.65. The van der Waals surface area contributed by atoms with Gasteiger partial charge in [-0.05, 0) is 52.2 Å². The molecule has 0 bridgehead atoms. The Morgan fingerprint density at radius 2 is 1.68 bits per heavy atom. The molecule has 0 radical (unpaired) electrons. The van der Waals surface area contributed by atoms with Crippen LogP contribution in [-0.2, 0) is 19.1 Å². The molecule has 5 nitrogen and oxygen atoms in total. The SMILES string of the molecule is CC(C)=NO[C@H]1CCCC[C@@H]1OS(=O)(=O)c1ccc(C)cc1. The fraction of sp³-hybridized carbons (Fsp3) is 0.562. The van der Waals surface area contributed by atoms with E-state index >= 15 is 0 Å². The maximum absolute atomic E-state index is 12.4. The molecule has 0 amide bonds. The average Bonchev–Trinajstić information content (AvgIpc) is 2.46. The Hall–Kier alpha value is -1.40. The van der Waals surface area contributed by atoms with E-state index in [1.54, 1.807) is 24.3 Å². The molecule has 1 saturated carbocycles. The van der Waals surface area contributed by atoms with Gasteiger partial charge >= 0.3 is 0 Å². The van der Waals surface area contributed by atoms with Crippen LogP contribution in [0.2, 0.25) is 0 Å². The number of hydrogen-bond donors (Lipinski definition) is 0. The number of nitrogens with zero attached hydrogens (tertiary/aromatic N) is 1. The molecule has 1 aromatic carbocycles. The van der Waals surface area contributed by atoms with Crippen LogP contribution in [-0.4, -0.2) is 26.3 Å². The first-order chi connectivity index (χ1) is 10.4. The summed E-state index contributed by atoms with van der Waals surface area (Å²) in [7, 11) is -3.78. The molecule has 0 unspecified atom stereocenters. The van der Waals surface area contributed by atoms with Crippen LogP contribution in [0.4, 0.5) is 0 Å². The van der Waals surface area contributed by atoms with Crippen LogP contribution in [0.25, 0.3) is 0 Å². The van der Waals surface area contributed by atoms with Gasteiger partial charge in [-0.25, -0.2) is 0 Å². The van der Waals surface area contributed by atoms with E-state index in [1.807, 2.05) is 20.8 Å². The molecule has 1 fully saturated rings. The predicted octanol–water partition coefficient (Wildman–Crippen LogP) is 3.42. The van der Waals surface area contributed by atoms with E-state index in [0.29, 0.717) is 6.42 Å². The summed E-state index contributed by atoms with van der Waals surface area (Å²) in [5.74, 6) is 0. The lowest BCUT2D eigenvalue weighted by atomic mass is 9.95. The van der Waals surface area contributed by atoms with E-state index in [0.717, 1.165) is 30.5 Å². The quantitative estimate of drug-likeness (QED) is 0.473. The fourth-order valence-electron chi connectivity index (χ4n) is 2.39. The first kappa shape index (κ1) is 17.0. The van der Waals surface area contributed by atoms with E-state index in [1.165, 1.54) is 0 Å². The maximum Gasteiger partial charge on any atom is 0.297 e. The van der Waals surface area contributed by atoms with Crippen LogP contribution in [0.5, 0.6) is 0 Å². The zero-order chi connectivity index (χ0) is 16.2. The Morgan fingerprint density at radius 3 is 2.27 bits per heavy atom. The fourth-order valence-corrected chi connectivity index (χ4v) is 3.52. The minimum Gasteiger partial charge on any atom is -0.390 e. The van der Waals surface area contributed by atoms with Crippen LogP contribution in [0, 0.1) is 6.92 Å². The Bertz CT molecular complexity index is 618. The highest BCUT2D eigenvalue weighted by Crippen LogP contribution is 2.27. The summed E-state index contributed by atoms with van der Waals surface area (Å²) in [6.45, 7) is 5.58. The molecule has 1 aromatic rings. The summed E-state index contributed by atoms with van der Waals surface area (Å²) < 4.78 is 30.2. The lowest BCUT2D eigenvalue weighted by Crippen LogP contribution is -2.35. The molecule has 6 heteroatoms. The van der Waals surface area contributed by atoms with Crippen LogP contribution >= 0.6 is 0 Å². The van der Waals surface area contributed by atoms with Crippen molar-refractivity contribution in [3.05, 3.63) is 29.8 Å². The maximum atomic E-state index is 12.4. The largest absolute Gasteiger partial charge is 0.390 e. The van der Waals surface area contributed by atoms with Crippen molar-refractivity contribution in [3.63, 3.8) is 0 Å². The molecule has 1 aliphatic rings. The molecule has 0 saturated heterocycles. The Morgan fingerprint density at radius 1 is 1.09 bits per heavy atom. The molecule has 0 aromatic heterocycles. The third-order valence-electron chi connectivity index (χ3n) is 3.57. The number of hydrogen-bond acceptors (Lipinski definition) is 5. The highest BCUT2D eigenvalue weighted by atomic mass is 32.2. The molecule has 0 N–H and O–H groups in total. The number of rotatable bonds is 5. The van der Waals surface area contributed by atoms with E-state index in [9.17, 15) is 8.42 Å². The molecule has 2 rings (SSSR count). The summed E-state index contributed by atoms with van der Waals surface area (Å²) >= 11 is 0. The zero-order valence-corrected chi connectivity index (χ0v) is 14.1. The average molecular weight is 325 g/mol. The summed E-state index contributed by atoms with van der Waals surface area (Å²) in [6.07, 6.45) is 2.54. The topological polar surface area (TPSA) is 65.0 Å². The van der Waals surface area contributed by atoms with Crippen LogP contribution in [0.15, 0.2) is 34.3 Å². The number of oxime groups is 1. The monoisotopic (exact) mass is 325 g/mol. The molecular weight excluding hydrogens is 302 g/mol. The predicted molar refractivity (Wildman–Crippen MR) is 85.4 cm³/mol. The lowest BCUT2D eigenvalue weighted by Gasteiger charge is -2.28.